The Morgan fingerprint density at radius 2 is 1.91 bits per heavy atom. The molecule has 9 nitrogen and oxygen atoms in total. The number of nitrogens with zero attached hydrogens (tertiary/aromatic N) is 7. The highest BCUT2D eigenvalue weighted by Crippen LogP contribution is 2.37. The fourth-order valence-corrected chi connectivity index (χ4v) is 6.73. The van der Waals surface area contributed by atoms with Gasteiger partial charge in [-0.3, -0.25) is 14.2 Å². The smallest absolute Gasteiger partial charge is 0.219 e. The molecule has 1 saturated heterocycles. The summed E-state index contributed by atoms with van der Waals surface area (Å²) >= 11 is -0.716. The van der Waals surface area contributed by atoms with Gasteiger partial charge < -0.3 is 14.0 Å². The molecule has 2 aliphatic rings. The molecule has 1 amide bonds. The van der Waals surface area contributed by atoms with Crippen LogP contribution in [0.4, 0.5) is 0 Å². The molecule has 0 unspecified atom stereocenters. The maximum absolute atomic E-state index is 12.2. The molecule has 0 aliphatic carbocycles. The zero-order valence-electron chi connectivity index (χ0n) is 20.3. The first-order valence-corrected chi connectivity index (χ1v) is 13.5. The van der Waals surface area contributed by atoms with Crippen molar-refractivity contribution < 1.29 is 9.35 Å². The van der Waals surface area contributed by atoms with Gasteiger partial charge in [0.2, 0.25) is 5.91 Å². The normalized spacial score (nSPS) is 20.4. The highest BCUT2D eigenvalue weighted by atomic mass is 32.2. The molecule has 0 bridgehead atoms. The average molecular weight is 492 g/mol. The molecule has 182 valence electrons. The number of fused-ring (bicyclic) bond motifs is 2. The van der Waals surface area contributed by atoms with Crippen molar-refractivity contribution >= 4 is 28.0 Å². The van der Waals surface area contributed by atoms with Gasteiger partial charge in [0.1, 0.15) is 23.0 Å². The van der Waals surface area contributed by atoms with Crippen molar-refractivity contribution in [2.75, 3.05) is 18.1 Å². The van der Waals surface area contributed by atoms with Crippen LogP contribution in [0.15, 0.2) is 30.6 Å². The lowest BCUT2D eigenvalue weighted by atomic mass is 10.0. The van der Waals surface area contributed by atoms with Gasteiger partial charge in [0.05, 0.1) is 29.6 Å². The van der Waals surface area contributed by atoms with Crippen LogP contribution in [0.25, 0.3) is 33.4 Å². The van der Waals surface area contributed by atoms with Gasteiger partial charge >= 0.3 is 0 Å². The van der Waals surface area contributed by atoms with Gasteiger partial charge in [-0.15, -0.1) is 0 Å². The molecule has 3 aromatic heterocycles. The van der Waals surface area contributed by atoms with Crippen molar-refractivity contribution in [3.8, 4) is 22.5 Å². The Morgan fingerprint density at radius 1 is 1.11 bits per heavy atom. The third kappa shape index (κ3) is 3.84. The average Bonchev–Trinajstić information content (AvgIpc) is 3.54. The topological polar surface area (TPSA) is 96.8 Å². The van der Waals surface area contributed by atoms with Crippen LogP contribution in [0.2, 0.25) is 0 Å². The Kier molecular flexibility index (Phi) is 5.45. The molecule has 0 radical (unpaired) electrons. The van der Waals surface area contributed by atoms with Gasteiger partial charge in [-0.1, -0.05) is 17.2 Å². The van der Waals surface area contributed by atoms with Crippen LogP contribution in [0.1, 0.15) is 37.2 Å². The third-order valence-electron chi connectivity index (χ3n) is 7.34. The van der Waals surface area contributed by atoms with Gasteiger partial charge in [-0.25, -0.2) is 4.98 Å². The summed E-state index contributed by atoms with van der Waals surface area (Å²) < 4.78 is 18.0. The van der Waals surface area contributed by atoms with E-state index in [1.54, 1.807) is 11.6 Å². The molecule has 0 spiro atoms. The summed E-state index contributed by atoms with van der Waals surface area (Å²) in [4.78, 5) is 19.3. The first kappa shape index (κ1) is 22.4. The van der Waals surface area contributed by atoms with Crippen molar-refractivity contribution in [1.29, 1.82) is 0 Å². The Morgan fingerprint density at radius 3 is 2.63 bits per heavy atom. The SMILES string of the molecule is CC(=O)N1CCn2c(C3CC[S+]([O-])CC3)nc(-c3ccc4c(c3)c(-c3cnn(C)c3)nn4C)c2C1. The molecule has 4 aromatic rings. The molecule has 1 aromatic carbocycles. The number of amides is 1. The Balaban J connectivity index is 1.48. The largest absolute Gasteiger partial charge is 0.616 e. The zero-order chi connectivity index (χ0) is 24.3. The van der Waals surface area contributed by atoms with E-state index < -0.39 is 11.2 Å². The second kappa shape index (κ2) is 8.53. The van der Waals surface area contributed by atoms with Crippen LogP contribution in [-0.4, -0.2) is 62.5 Å². The van der Waals surface area contributed by atoms with Crippen molar-refractivity contribution in [2.24, 2.45) is 14.1 Å². The van der Waals surface area contributed by atoms with Gasteiger partial charge in [-0.2, -0.15) is 10.2 Å². The lowest BCUT2D eigenvalue weighted by molar-refractivity contribution is -0.130. The van der Waals surface area contributed by atoms with E-state index in [1.807, 2.05) is 36.1 Å². The molecule has 0 N–H and O–H groups in total. The minimum atomic E-state index is -0.716. The van der Waals surface area contributed by atoms with E-state index in [9.17, 15) is 9.35 Å². The zero-order valence-corrected chi connectivity index (χ0v) is 21.1. The number of hydrogen-bond donors (Lipinski definition) is 0. The molecule has 35 heavy (non-hydrogen) atoms. The van der Waals surface area contributed by atoms with Crippen LogP contribution in [-0.2, 0) is 43.2 Å². The van der Waals surface area contributed by atoms with E-state index in [1.165, 1.54) is 0 Å². The monoisotopic (exact) mass is 491 g/mol. The maximum Gasteiger partial charge on any atom is 0.219 e. The summed E-state index contributed by atoms with van der Waals surface area (Å²) in [5, 5.41) is 10.1. The minimum Gasteiger partial charge on any atom is -0.616 e. The van der Waals surface area contributed by atoms with Gasteiger partial charge in [-0.05, 0) is 12.1 Å². The standard InChI is InChI=1S/C25H29N7O2S/c1-16(33)31-8-9-32-22(15-31)24(27-25(32)17-6-10-35(34)11-7-17)18-4-5-21-20(12-18)23(28-30(21)3)19-13-26-29(2)14-19/h4-5,12-14,17H,6-11,15H2,1-3H3. The molecular formula is C25H29N7O2S. The van der Waals surface area contributed by atoms with E-state index in [2.05, 4.69) is 27.9 Å². The highest BCUT2D eigenvalue weighted by molar-refractivity contribution is 7.91. The van der Waals surface area contributed by atoms with Crippen molar-refractivity contribution in [2.45, 2.75) is 38.8 Å². The van der Waals surface area contributed by atoms with E-state index in [4.69, 9.17) is 10.1 Å². The van der Waals surface area contributed by atoms with Gasteiger partial charge in [0.25, 0.3) is 0 Å². The molecule has 6 rings (SSSR count). The lowest BCUT2D eigenvalue weighted by Gasteiger charge is -2.30. The second-order valence-corrected chi connectivity index (χ2v) is 11.3. The van der Waals surface area contributed by atoms with Gasteiger partial charge in [0.15, 0.2) is 0 Å². The number of hydrogen-bond acceptors (Lipinski definition) is 5. The first-order valence-electron chi connectivity index (χ1n) is 12.0. The van der Waals surface area contributed by atoms with Crippen LogP contribution in [0.3, 0.4) is 0 Å². The van der Waals surface area contributed by atoms with E-state index in [-0.39, 0.29) is 5.91 Å². The first-order chi connectivity index (χ1) is 16.9. The quantitative estimate of drug-likeness (QED) is 0.411. The molecule has 0 atom stereocenters. The van der Waals surface area contributed by atoms with Crippen LogP contribution < -0.4 is 0 Å². The van der Waals surface area contributed by atoms with Crippen molar-refractivity contribution in [3.63, 3.8) is 0 Å². The number of imidazole rings is 1. The maximum atomic E-state index is 12.2. The van der Waals surface area contributed by atoms with Crippen LogP contribution >= 0.6 is 0 Å². The summed E-state index contributed by atoms with van der Waals surface area (Å²) in [7, 11) is 3.86. The van der Waals surface area contributed by atoms with E-state index in [0.29, 0.717) is 19.0 Å². The number of rotatable bonds is 3. The summed E-state index contributed by atoms with van der Waals surface area (Å²) in [5.74, 6) is 2.93. The van der Waals surface area contributed by atoms with Crippen LogP contribution in [0.5, 0.6) is 0 Å². The molecule has 2 aliphatic heterocycles. The van der Waals surface area contributed by atoms with Gasteiger partial charge in [0, 0.05) is 75.6 Å². The van der Waals surface area contributed by atoms with E-state index in [0.717, 1.165) is 75.8 Å². The van der Waals surface area contributed by atoms with E-state index >= 15 is 0 Å². The fraction of sp³-hybridized carbons (Fsp3) is 0.440. The number of carbonyl (C=O) groups excluding carboxylic acids is 1. The van der Waals surface area contributed by atoms with Crippen molar-refractivity contribution in [3.05, 3.63) is 42.1 Å². The molecule has 1 fully saturated rings. The summed E-state index contributed by atoms with van der Waals surface area (Å²) in [6.07, 6.45) is 5.60. The second-order valence-electron chi connectivity index (χ2n) is 9.59. The Bertz CT molecular complexity index is 1430. The summed E-state index contributed by atoms with van der Waals surface area (Å²) in [6, 6.07) is 6.37. The van der Waals surface area contributed by atoms with Crippen molar-refractivity contribution in [1.82, 2.24) is 34.0 Å². The fourth-order valence-electron chi connectivity index (χ4n) is 5.43. The van der Waals surface area contributed by atoms with Crippen LogP contribution in [0, 0.1) is 0 Å². The number of benzene rings is 1. The lowest BCUT2D eigenvalue weighted by Crippen LogP contribution is -2.37. The number of aryl methyl sites for hydroxylation is 2. The number of aromatic nitrogens is 6. The molecule has 0 saturated carbocycles. The molecular weight excluding hydrogens is 462 g/mol. The molecule has 10 heteroatoms. The minimum absolute atomic E-state index is 0.0830. The predicted octanol–water partition coefficient (Wildman–Crippen LogP) is 2.83. The summed E-state index contributed by atoms with van der Waals surface area (Å²) in [5.41, 5.74) is 5.95. The summed E-state index contributed by atoms with van der Waals surface area (Å²) in [6.45, 7) is 3.62. The predicted molar refractivity (Wildman–Crippen MR) is 135 cm³/mol. The Hall–Kier alpha value is -3.11. The highest BCUT2D eigenvalue weighted by Gasteiger charge is 2.32. The third-order valence-corrected chi connectivity index (χ3v) is 8.72. The number of carbonyl (C=O) groups is 1. The Labute approximate surface area is 206 Å². The molecule has 5 heterocycles.